The van der Waals surface area contributed by atoms with E-state index in [-0.39, 0.29) is 30.8 Å². The van der Waals surface area contributed by atoms with Crippen LogP contribution in [0.4, 0.5) is 21.0 Å². The zero-order valence-electron chi connectivity index (χ0n) is 32.4. The summed E-state index contributed by atoms with van der Waals surface area (Å²) in [5.41, 5.74) is 4.29. The second kappa shape index (κ2) is 18.9. The Morgan fingerprint density at radius 1 is 0.542 bits per heavy atom. The number of hydrogen-bond donors (Lipinski definition) is 2. The molecule has 5 aromatic carbocycles. The highest BCUT2D eigenvalue weighted by Gasteiger charge is 2.37. The molecule has 304 valence electrons. The molecule has 1 unspecified atom stereocenters. The molecule has 2 N–H and O–H groups in total. The normalized spacial score (nSPS) is 16.9. The maximum atomic E-state index is 14.2. The van der Waals surface area contributed by atoms with Crippen LogP contribution in [0.15, 0.2) is 140 Å². The summed E-state index contributed by atoms with van der Waals surface area (Å²) in [6, 6.07) is 39.6. The Bertz CT molecular complexity index is 2330. The average molecular weight is 815 g/mol. The third kappa shape index (κ3) is 10.3. The largest absolute Gasteiger partial charge is 0.445 e. The van der Waals surface area contributed by atoms with Crippen molar-refractivity contribution in [3.8, 4) is 0 Å². The Kier molecular flexibility index (Phi) is 13.0. The molecule has 0 aliphatic carbocycles. The Balaban J connectivity index is 0.972. The van der Waals surface area contributed by atoms with E-state index in [9.17, 15) is 27.6 Å². The molecule has 59 heavy (non-hydrogen) atoms. The van der Waals surface area contributed by atoms with E-state index in [0.717, 1.165) is 11.1 Å². The van der Waals surface area contributed by atoms with Gasteiger partial charge >= 0.3 is 12.2 Å². The first-order valence-corrected chi connectivity index (χ1v) is 21.4. The van der Waals surface area contributed by atoms with Gasteiger partial charge in [-0.2, -0.15) is 0 Å². The van der Waals surface area contributed by atoms with Gasteiger partial charge in [0.15, 0.2) is 9.84 Å². The fraction of sp³-hybridized carbons (Fsp3) is 0.261. The molecule has 2 fully saturated rings. The summed E-state index contributed by atoms with van der Waals surface area (Å²) >= 11 is 0. The number of carbonyl (C=O) groups is 4. The predicted octanol–water partition coefficient (Wildman–Crippen LogP) is 7.87. The number of benzene rings is 5. The molecule has 0 radical (unpaired) electrons. The molecule has 12 nitrogen and oxygen atoms in total. The minimum Gasteiger partial charge on any atom is -0.445 e. The number of amides is 4. The maximum Gasteiger partial charge on any atom is 0.410 e. The van der Waals surface area contributed by atoms with Crippen molar-refractivity contribution in [2.75, 3.05) is 23.7 Å². The Hall–Kier alpha value is -6.47. The molecule has 2 heterocycles. The van der Waals surface area contributed by atoms with E-state index < -0.39 is 39.4 Å². The van der Waals surface area contributed by atoms with Crippen molar-refractivity contribution in [3.63, 3.8) is 0 Å². The first kappa shape index (κ1) is 40.7. The fourth-order valence-corrected chi connectivity index (χ4v) is 9.51. The van der Waals surface area contributed by atoms with E-state index in [0.29, 0.717) is 66.8 Å². The highest BCUT2D eigenvalue weighted by atomic mass is 32.2. The Labute approximate surface area is 344 Å². The van der Waals surface area contributed by atoms with Gasteiger partial charge in [0.2, 0.25) is 11.8 Å². The van der Waals surface area contributed by atoms with Crippen LogP contribution in [-0.4, -0.2) is 67.4 Å². The van der Waals surface area contributed by atoms with Gasteiger partial charge in [0.1, 0.15) is 30.5 Å². The van der Waals surface area contributed by atoms with Crippen LogP contribution < -0.4 is 10.6 Å². The lowest BCUT2D eigenvalue weighted by atomic mass is 10.0. The van der Waals surface area contributed by atoms with Crippen molar-refractivity contribution in [2.24, 2.45) is 0 Å². The molecule has 4 amide bonds. The molecular weight excluding hydrogens is 769 g/mol. The summed E-state index contributed by atoms with van der Waals surface area (Å²) in [6.45, 7) is 1.04. The van der Waals surface area contributed by atoms with Gasteiger partial charge in [0.25, 0.3) is 0 Å². The van der Waals surface area contributed by atoms with Gasteiger partial charge in [-0.3, -0.25) is 19.4 Å². The Morgan fingerprint density at radius 3 is 1.41 bits per heavy atom. The smallest absolute Gasteiger partial charge is 0.410 e. The quantitative estimate of drug-likeness (QED) is 0.122. The first-order chi connectivity index (χ1) is 28.6. The summed E-state index contributed by atoms with van der Waals surface area (Å²) < 4.78 is 39.4. The molecule has 0 spiro atoms. The molecule has 5 aromatic rings. The van der Waals surface area contributed by atoms with E-state index in [1.165, 1.54) is 9.80 Å². The predicted molar refractivity (Wildman–Crippen MR) is 224 cm³/mol. The third-order valence-electron chi connectivity index (χ3n) is 10.5. The molecule has 2 aliphatic rings. The fourth-order valence-electron chi connectivity index (χ4n) is 7.55. The van der Waals surface area contributed by atoms with Crippen LogP contribution in [0.1, 0.15) is 58.8 Å². The van der Waals surface area contributed by atoms with Crippen LogP contribution in [0.3, 0.4) is 0 Å². The number of likely N-dealkylation sites (tertiary alicyclic amines) is 2. The summed E-state index contributed by atoms with van der Waals surface area (Å²) in [5.74, 6) is -0.966. The van der Waals surface area contributed by atoms with Crippen LogP contribution >= 0.6 is 0 Å². The van der Waals surface area contributed by atoms with Crippen LogP contribution in [0, 0.1) is 0 Å². The topological polar surface area (TPSA) is 151 Å². The van der Waals surface area contributed by atoms with Gasteiger partial charge in [0, 0.05) is 24.5 Å². The molecule has 2 saturated heterocycles. The van der Waals surface area contributed by atoms with E-state index in [1.807, 2.05) is 66.7 Å². The number of hydrogen-bond acceptors (Lipinski definition) is 8. The van der Waals surface area contributed by atoms with Crippen molar-refractivity contribution in [1.29, 1.82) is 0 Å². The molecule has 0 bridgehead atoms. The monoisotopic (exact) mass is 814 g/mol. The van der Waals surface area contributed by atoms with Crippen LogP contribution in [0.25, 0.3) is 0 Å². The van der Waals surface area contributed by atoms with Crippen molar-refractivity contribution in [2.45, 2.75) is 62.0 Å². The highest BCUT2D eigenvalue weighted by molar-refractivity contribution is 7.91. The van der Waals surface area contributed by atoms with Crippen LogP contribution in [-0.2, 0) is 47.9 Å². The number of nitrogens with zero attached hydrogens (tertiary/aromatic N) is 2. The number of anilines is 2. The number of ether oxygens (including phenoxy) is 2. The molecule has 2 aliphatic heterocycles. The van der Waals surface area contributed by atoms with Crippen molar-refractivity contribution < 1.29 is 37.1 Å². The average Bonchev–Trinajstić information content (AvgIpc) is 3.96. The first-order valence-electron chi connectivity index (χ1n) is 19.7. The lowest BCUT2D eigenvalue weighted by molar-refractivity contribution is -0.120. The molecule has 0 saturated carbocycles. The SMILES string of the molecule is O=C(Nc1ccc(CS(=O)(=O)C(c2ccccc2)c2ccc(NC(=O)[C@@H]3CCCN3C(=O)OCc3ccccc3)cc2)cc1)[C@@H]1CCCN1C(=O)OCc1ccccc1. The van der Waals surface area contributed by atoms with Crippen LogP contribution in [0.2, 0.25) is 0 Å². The highest BCUT2D eigenvalue weighted by Crippen LogP contribution is 2.34. The van der Waals surface area contributed by atoms with Crippen molar-refractivity contribution in [1.82, 2.24) is 9.80 Å². The Morgan fingerprint density at radius 2 is 0.949 bits per heavy atom. The summed E-state index contributed by atoms with van der Waals surface area (Å²) in [5, 5.41) is 4.75. The van der Waals surface area contributed by atoms with Gasteiger partial charge in [-0.15, -0.1) is 0 Å². The third-order valence-corrected chi connectivity index (χ3v) is 12.5. The molecule has 7 rings (SSSR count). The number of carbonyl (C=O) groups excluding carboxylic acids is 4. The van der Waals surface area contributed by atoms with Crippen molar-refractivity contribution >= 4 is 45.2 Å². The lowest BCUT2D eigenvalue weighted by Gasteiger charge is -2.23. The molecule has 3 atom stereocenters. The van der Waals surface area contributed by atoms with Gasteiger partial charge in [0.05, 0.1) is 5.75 Å². The lowest BCUT2D eigenvalue weighted by Crippen LogP contribution is -2.43. The van der Waals surface area contributed by atoms with Gasteiger partial charge < -0.3 is 20.1 Å². The number of sulfone groups is 1. The number of rotatable bonds is 13. The summed E-state index contributed by atoms with van der Waals surface area (Å²) in [7, 11) is -3.86. The van der Waals surface area contributed by atoms with E-state index >= 15 is 0 Å². The van der Waals surface area contributed by atoms with Gasteiger partial charge in [-0.1, -0.05) is 115 Å². The zero-order valence-corrected chi connectivity index (χ0v) is 33.3. The molecular formula is C46H46N4O8S. The summed E-state index contributed by atoms with van der Waals surface area (Å²) in [6.07, 6.45) is 1.24. The standard InChI is InChI=1S/C46H46N4O8S/c51-43(40-18-10-28-49(40)45(53)57-30-33-12-4-1-5-13-33)47-38-24-20-35(21-25-38)32-59(55,56)42(36-16-8-3-9-17-36)37-22-26-39(27-23-37)48-44(52)41-19-11-29-50(41)46(54)58-31-34-14-6-2-7-15-34/h1-9,12-17,20-27,40-42H,10-11,18-19,28-32H2,(H,47,51)(H,48,52)/t40-,41-,42?/m0/s1. The number of nitrogens with one attached hydrogen (secondary N) is 2. The van der Waals surface area contributed by atoms with Gasteiger partial charge in [-0.25, -0.2) is 18.0 Å². The zero-order chi connectivity index (χ0) is 41.2. The second-order valence-corrected chi connectivity index (χ2v) is 16.8. The molecule has 13 heteroatoms. The molecule has 0 aromatic heterocycles. The van der Waals surface area contributed by atoms with Gasteiger partial charge in [-0.05, 0) is 77.8 Å². The van der Waals surface area contributed by atoms with Crippen molar-refractivity contribution in [3.05, 3.63) is 167 Å². The van der Waals surface area contributed by atoms with E-state index in [2.05, 4.69) is 10.6 Å². The summed E-state index contributed by atoms with van der Waals surface area (Å²) in [4.78, 5) is 55.3. The van der Waals surface area contributed by atoms with Crippen LogP contribution in [0.5, 0.6) is 0 Å². The minimum atomic E-state index is -3.86. The second-order valence-electron chi connectivity index (χ2n) is 14.7. The van der Waals surface area contributed by atoms with E-state index in [1.54, 1.807) is 72.8 Å². The maximum absolute atomic E-state index is 14.2. The van der Waals surface area contributed by atoms with E-state index in [4.69, 9.17) is 9.47 Å². The minimum absolute atomic E-state index is 0.109.